The average molecular weight is 514 g/mol. The lowest BCUT2D eigenvalue weighted by Crippen LogP contribution is -2.28. The highest BCUT2D eigenvalue weighted by atomic mass is 32.2. The Hall–Kier alpha value is -3.86. The Labute approximate surface area is 224 Å². The Kier molecular flexibility index (Phi) is 5.38. The molecule has 1 aromatic heterocycles. The van der Waals surface area contributed by atoms with E-state index in [2.05, 4.69) is 139 Å². The van der Waals surface area contributed by atoms with Crippen molar-refractivity contribution >= 4 is 72.2 Å². The Balaban J connectivity index is 1.39. The maximum Gasteiger partial charge on any atom is 0.263 e. The molecule has 2 heterocycles. The van der Waals surface area contributed by atoms with Gasteiger partial charge < -0.3 is 4.90 Å². The number of fused-ring (bicyclic) bond motifs is 6. The molecule has 0 amide bonds. The van der Waals surface area contributed by atoms with Gasteiger partial charge in [-0.1, -0.05) is 108 Å². The van der Waals surface area contributed by atoms with Crippen molar-refractivity contribution in [3.8, 4) is 0 Å². The molecule has 1 aliphatic heterocycles. The second-order valence-electron chi connectivity index (χ2n) is 9.38. The van der Waals surface area contributed by atoms with E-state index < -0.39 is 0 Å². The molecule has 4 heteroatoms. The molecular formula is C33H25N2S2+. The standard InChI is InChI=1S/C33H25N2S2/c1-34-28-18-16-23-12-6-8-14-26(23)32(28)36-30(34)20-25(22-10-4-3-5-11-22)21-31-35(2)29-19-17-24-13-7-9-15-27(24)33(29)37-31/h3-21H,1-2H3/q+1. The third-order valence-electron chi connectivity index (χ3n) is 7.18. The van der Waals surface area contributed by atoms with Crippen LogP contribution in [-0.2, 0) is 7.05 Å². The van der Waals surface area contributed by atoms with Crippen LogP contribution in [0.5, 0.6) is 0 Å². The van der Waals surface area contributed by atoms with Crippen LogP contribution in [0.2, 0.25) is 0 Å². The number of aromatic nitrogens is 1. The minimum Gasteiger partial charge on any atom is -0.338 e. The molecule has 0 radical (unpaired) electrons. The van der Waals surface area contributed by atoms with Gasteiger partial charge in [0.25, 0.3) is 5.01 Å². The van der Waals surface area contributed by atoms with Crippen LogP contribution in [0.25, 0.3) is 43.4 Å². The second kappa shape index (κ2) is 8.91. The van der Waals surface area contributed by atoms with Gasteiger partial charge in [-0.05, 0) is 45.5 Å². The average Bonchev–Trinajstić information content (AvgIpc) is 3.45. The molecule has 1 aliphatic rings. The van der Waals surface area contributed by atoms with E-state index in [4.69, 9.17) is 0 Å². The lowest BCUT2D eigenvalue weighted by Gasteiger charge is -2.14. The van der Waals surface area contributed by atoms with E-state index >= 15 is 0 Å². The Morgan fingerprint density at radius 3 is 2.24 bits per heavy atom. The van der Waals surface area contributed by atoms with Crippen LogP contribution in [0.3, 0.4) is 0 Å². The molecule has 0 saturated carbocycles. The normalized spacial score (nSPS) is 14.8. The van der Waals surface area contributed by atoms with Crippen LogP contribution in [0.1, 0.15) is 10.6 Å². The lowest BCUT2D eigenvalue weighted by atomic mass is 10.1. The van der Waals surface area contributed by atoms with Crippen molar-refractivity contribution in [2.45, 2.75) is 4.90 Å². The monoisotopic (exact) mass is 513 g/mol. The molecule has 2 nitrogen and oxygen atoms in total. The quantitative estimate of drug-likeness (QED) is 0.219. The van der Waals surface area contributed by atoms with E-state index in [1.807, 2.05) is 23.1 Å². The van der Waals surface area contributed by atoms with Crippen LogP contribution in [0.4, 0.5) is 5.69 Å². The van der Waals surface area contributed by atoms with E-state index in [-0.39, 0.29) is 0 Å². The minimum atomic E-state index is 1.21. The minimum absolute atomic E-state index is 1.21. The summed E-state index contributed by atoms with van der Waals surface area (Å²) in [6.45, 7) is 0. The van der Waals surface area contributed by atoms with Gasteiger partial charge in [-0.25, -0.2) is 0 Å². The highest BCUT2D eigenvalue weighted by molar-refractivity contribution is 8.04. The van der Waals surface area contributed by atoms with Gasteiger partial charge in [0.05, 0.1) is 10.7 Å². The van der Waals surface area contributed by atoms with Gasteiger partial charge in [0, 0.05) is 29.5 Å². The summed E-state index contributed by atoms with van der Waals surface area (Å²) in [5.74, 6) is 0. The first-order valence-electron chi connectivity index (χ1n) is 12.4. The van der Waals surface area contributed by atoms with Gasteiger partial charge in [-0.2, -0.15) is 4.57 Å². The first-order valence-corrected chi connectivity index (χ1v) is 14.0. The number of anilines is 1. The van der Waals surface area contributed by atoms with Gasteiger partial charge >= 0.3 is 0 Å². The third-order valence-corrected chi connectivity index (χ3v) is 9.65. The fourth-order valence-corrected chi connectivity index (χ4v) is 7.62. The molecule has 0 saturated heterocycles. The summed E-state index contributed by atoms with van der Waals surface area (Å²) in [6.07, 6.45) is 4.69. The summed E-state index contributed by atoms with van der Waals surface area (Å²) in [5.41, 5.74) is 4.95. The van der Waals surface area contributed by atoms with Crippen molar-refractivity contribution in [2.75, 3.05) is 11.9 Å². The molecule has 7 rings (SSSR count). The van der Waals surface area contributed by atoms with E-state index in [0.717, 1.165) is 0 Å². The Bertz CT molecular complexity index is 1880. The van der Waals surface area contributed by atoms with Gasteiger partial charge in [0.1, 0.15) is 11.7 Å². The molecule has 0 bridgehead atoms. The Morgan fingerprint density at radius 2 is 1.43 bits per heavy atom. The van der Waals surface area contributed by atoms with Gasteiger partial charge in [-0.3, -0.25) is 0 Å². The number of benzene rings is 5. The maximum absolute atomic E-state index is 2.34. The zero-order valence-electron chi connectivity index (χ0n) is 20.7. The maximum atomic E-state index is 2.34. The summed E-state index contributed by atoms with van der Waals surface area (Å²) in [4.78, 5) is 3.65. The van der Waals surface area contributed by atoms with Gasteiger partial charge in [0.2, 0.25) is 5.52 Å². The van der Waals surface area contributed by atoms with Crippen molar-refractivity contribution in [2.24, 2.45) is 7.05 Å². The number of nitrogens with zero attached hydrogens (tertiary/aromatic N) is 2. The fraction of sp³-hybridized carbons (Fsp3) is 0.0606. The summed E-state index contributed by atoms with van der Waals surface area (Å²) < 4.78 is 3.65. The highest BCUT2D eigenvalue weighted by Gasteiger charge is 2.25. The SMILES string of the molecule is CN1/C(=C\C(=C\c2sc3c4ccccc4ccc3[n+]2C)c2ccccc2)Sc2c1ccc1ccccc21. The van der Waals surface area contributed by atoms with Crippen molar-refractivity contribution < 1.29 is 4.57 Å². The summed E-state index contributed by atoms with van der Waals surface area (Å²) >= 11 is 3.72. The lowest BCUT2D eigenvalue weighted by molar-refractivity contribution is -0.642. The molecule has 0 fully saturated rings. The van der Waals surface area contributed by atoms with E-state index in [0.29, 0.717) is 0 Å². The van der Waals surface area contributed by atoms with Crippen LogP contribution in [0.15, 0.2) is 119 Å². The molecule has 0 spiro atoms. The molecule has 0 N–H and O–H groups in total. The molecule has 37 heavy (non-hydrogen) atoms. The molecular weight excluding hydrogens is 489 g/mol. The first-order chi connectivity index (χ1) is 18.2. The van der Waals surface area contributed by atoms with Gasteiger partial charge in [-0.15, -0.1) is 0 Å². The molecule has 0 atom stereocenters. The molecule has 5 aromatic carbocycles. The number of thioether (sulfide) groups is 1. The molecule has 0 aliphatic carbocycles. The van der Waals surface area contributed by atoms with Crippen molar-refractivity contribution in [3.63, 3.8) is 0 Å². The summed E-state index contributed by atoms with van der Waals surface area (Å²) in [6, 6.07) is 37.0. The molecule has 178 valence electrons. The number of hydrogen-bond donors (Lipinski definition) is 0. The second-order valence-corrected chi connectivity index (χ2v) is 11.4. The topological polar surface area (TPSA) is 7.12 Å². The van der Waals surface area contributed by atoms with Gasteiger partial charge in [0.15, 0.2) is 0 Å². The zero-order chi connectivity index (χ0) is 24.9. The number of allylic oxidation sites excluding steroid dienone is 2. The highest BCUT2D eigenvalue weighted by Crippen LogP contribution is 2.49. The summed E-state index contributed by atoms with van der Waals surface area (Å²) in [7, 11) is 4.35. The summed E-state index contributed by atoms with van der Waals surface area (Å²) in [5, 5.41) is 7.66. The number of aryl methyl sites for hydroxylation is 1. The predicted molar refractivity (Wildman–Crippen MR) is 161 cm³/mol. The van der Waals surface area contributed by atoms with Crippen molar-refractivity contribution in [1.29, 1.82) is 0 Å². The number of thiazole rings is 1. The van der Waals surface area contributed by atoms with Crippen molar-refractivity contribution in [1.82, 2.24) is 0 Å². The first kappa shape index (κ1) is 22.3. The van der Waals surface area contributed by atoms with E-state index in [9.17, 15) is 0 Å². The largest absolute Gasteiger partial charge is 0.338 e. The number of hydrogen-bond acceptors (Lipinski definition) is 3. The van der Waals surface area contributed by atoms with Crippen molar-refractivity contribution in [3.05, 3.63) is 125 Å². The van der Waals surface area contributed by atoms with E-state index in [1.54, 1.807) is 0 Å². The predicted octanol–water partition coefficient (Wildman–Crippen LogP) is 8.66. The molecule has 6 aromatic rings. The Morgan fingerprint density at radius 1 is 0.757 bits per heavy atom. The van der Waals surface area contributed by atoms with Crippen LogP contribution < -0.4 is 9.47 Å². The van der Waals surface area contributed by atoms with Crippen LogP contribution in [-0.4, -0.2) is 7.05 Å². The molecule has 0 unspecified atom stereocenters. The van der Waals surface area contributed by atoms with E-state index in [1.165, 1.54) is 63.5 Å². The van der Waals surface area contributed by atoms with Crippen LogP contribution >= 0.6 is 23.1 Å². The number of rotatable bonds is 3. The third kappa shape index (κ3) is 3.76. The smallest absolute Gasteiger partial charge is 0.263 e. The fourth-order valence-electron chi connectivity index (χ4n) is 5.15. The van der Waals surface area contributed by atoms with Crippen LogP contribution in [0, 0.1) is 0 Å². The zero-order valence-corrected chi connectivity index (χ0v) is 22.3.